The van der Waals surface area contributed by atoms with Gasteiger partial charge in [-0.15, -0.1) is 0 Å². The summed E-state index contributed by atoms with van der Waals surface area (Å²) < 4.78 is 21.8. The van der Waals surface area contributed by atoms with Crippen molar-refractivity contribution in [1.29, 1.82) is 0 Å². The number of unbranched alkanes of at least 4 members (excludes halogenated alkanes) is 1. The second-order valence-electron chi connectivity index (χ2n) is 5.66. The highest BCUT2D eigenvalue weighted by molar-refractivity contribution is 5.75. The minimum atomic E-state index is -1.01. The molecule has 1 unspecified atom stereocenters. The first-order valence-electron chi connectivity index (χ1n) is 7.96. The summed E-state index contributed by atoms with van der Waals surface area (Å²) in [6, 6.07) is 0. The van der Waals surface area contributed by atoms with Gasteiger partial charge >= 0.3 is 11.9 Å². The Morgan fingerprint density at radius 3 is 2.17 bits per heavy atom. The zero-order chi connectivity index (χ0) is 17.4. The monoisotopic (exact) mass is 330 g/mol. The van der Waals surface area contributed by atoms with E-state index in [1.165, 1.54) is 20.8 Å². The molecule has 1 aliphatic heterocycles. The van der Waals surface area contributed by atoms with Crippen LogP contribution >= 0.6 is 0 Å². The van der Waals surface area contributed by atoms with E-state index in [1.54, 1.807) is 0 Å². The Morgan fingerprint density at radius 1 is 1.00 bits per heavy atom. The molecule has 0 aromatic carbocycles. The number of hydrogen-bond acceptors (Lipinski definition) is 7. The normalized spacial score (nSPS) is 26.8. The van der Waals surface area contributed by atoms with Crippen LogP contribution in [0.1, 0.15) is 53.4 Å². The molecule has 4 atom stereocenters. The van der Waals surface area contributed by atoms with Crippen LogP contribution in [0.3, 0.4) is 0 Å². The highest BCUT2D eigenvalue weighted by atomic mass is 16.7. The van der Waals surface area contributed by atoms with Crippen LogP contribution in [0.25, 0.3) is 0 Å². The van der Waals surface area contributed by atoms with E-state index in [1.807, 2.05) is 6.92 Å². The number of ether oxygens (including phenoxy) is 4. The molecule has 1 fully saturated rings. The predicted molar refractivity (Wildman–Crippen MR) is 80.5 cm³/mol. The molecule has 0 bridgehead atoms. The Hall–Kier alpha value is -1.47. The van der Waals surface area contributed by atoms with Gasteiger partial charge in [0.2, 0.25) is 6.29 Å². The summed E-state index contributed by atoms with van der Waals surface area (Å²) in [6.07, 6.45) is -0.332. The maximum absolute atomic E-state index is 11.4. The molecule has 0 spiro atoms. The van der Waals surface area contributed by atoms with E-state index in [2.05, 4.69) is 0 Å². The number of ketones is 1. The molecule has 1 aliphatic rings. The molecule has 0 amide bonds. The van der Waals surface area contributed by atoms with Gasteiger partial charge in [-0.3, -0.25) is 9.59 Å². The van der Waals surface area contributed by atoms with E-state index in [0.29, 0.717) is 19.4 Å². The van der Waals surface area contributed by atoms with Crippen LogP contribution in [-0.2, 0) is 33.3 Å². The molecule has 7 heteroatoms. The molecule has 0 aliphatic carbocycles. The molecule has 1 heterocycles. The van der Waals surface area contributed by atoms with Gasteiger partial charge in [-0.1, -0.05) is 13.3 Å². The van der Waals surface area contributed by atoms with Crippen LogP contribution < -0.4 is 0 Å². The first kappa shape index (κ1) is 19.6. The lowest BCUT2D eigenvalue weighted by Crippen LogP contribution is -2.40. The fraction of sp³-hybridized carbons (Fsp3) is 0.812. The average molecular weight is 330 g/mol. The predicted octanol–water partition coefficient (Wildman–Crippen LogP) is 1.76. The van der Waals surface area contributed by atoms with Gasteiger partial charge in [0, 0.05) is 26.9 Å². The quantitative estimate of drug-likeness (QED) is 0.470. The fourth-order valence-corrected chi connectivity index (χ4v) is 2.41. The minimum Gasteiger partial charge on any atom is -0.453 e. The Morgan fingerprint density at radius 2 is 1.65 bits per heavy atom. The number of Topliss-reactive ketones (excluding diaryl/α,β-unsaturated/α-hetero) is 1. The molecular weight excluding hydrogens is 304 g/mol. The standard InChI is InChI=1S/C16H26O7/c1-5-6-9-20-14-13(8-7-10(2)17)23-16(22-12(4)19)15(14)21-11(3)18/h13-16H,5-9H2,1-4H3/t13-,14+,15-,16?/m1/s1. The van der Waals surface area contributed by atoms with Gasteiger partial charge in [0.05, 0.1) is 6.10 Å². The summed E-state index contributed by atoms with van der Waals surface area (Å²) in [6.45, 7) is 6.54. The summed E-state index contributed by atoms with van der Waals surface area (Å²) in [5.41, 5.74) is 0. The molecular formula is C16H26O7. The summed E-state index contributed by atoms with van der Waals surface area (Å²) in [7, 11) is 0. The lowest BCUT2D eigenvalue weighted by Gasteiger charge is -2.23. The third-order valence-electron chi connectivity index (χ3n) is 3.44. The van der Waals surface area contributed by atoms with Gasteiger partial charge in [0.1, 0.15) is 11.9 Å². The van der Waals surface area contributed by atoms with Gasteiger partial charge < -0.3 is 23.7 Å². The van der Waals surface area contributed by atoms with Gasteiger partial charge in [-0.05, 0) is 19.8 Å². The SMILES string of the molecule is CCCCO[C@H]1[C@@H](CCC(C)=O)OC(OC(C)=O)[C@@H]1OC(C)=O. The van der Waals surface area contributed by atoms with Crippen LogP contribution in [0.5, 0.6) is 0 Å². The molecule has 23 heavy (non-hydrogen) atoms. The van der Waals surface area contributed by atoms with Crippen molar-refractivity contribution in [3.05, 3.63) is 0 Å². The van der Waals surface area contributed by atoms with Crippen molar-refractivity contribution in [2.45, 2.75) is 78.0 Å². The highest BCUT2D eigenvalue weighted by Gasteiger charge is 2.49. The van der Waals surface area contributed by atoms with Crippen molar-refractivity contribution in [3.8, 4) is 0 Å². The van der Waals surface area contributed by atoms with Crippen LogP contribution in [-0.4, -0.2) is 48.9 Å². The third kappa shape index (κ3) is 6.66. The fourth-order valence-electron chi connectivity index (χ4n) is 2.41. The molecule has 7 nitrogen and oxygen atoms in total. The summed E-state index contributed by atoms with van der Waals surface area (Å²) in [5, 5.41) is 0. The van der Waals surface area contributed by atoms with Crippen molar-refractivity contribution >= 4 is 17.7 Å². The van der Waals surface area contributed by atoms with E-state index in [9.17, 15) is 14.4 Å². The topological polar surface area (TPSA) is 88.1 Å². The van der Waals surface area contributed by atoms with E-state index < -0.39 is 36.5 Å². The minimum absolute atomic E-state index is 0.0286. The highest BCUT2D eigenvalue weighted by Crippen LogP contribution is 2.30. The lowest BCUT2D eigenvalue weighted by atomic mass is 10.0. The van der Waals surface area contributed by atoms with Gasteiger partial charge in [-0.25, -0.2) is 0 Å². The number of carbonyl (C=O) groups excluding carboxylic acids is 3. The average Bonchev–Trinajstić information content (AvgIpc) is 2.73. The van der Waals surface area contributed by atoms with Crippen molar-refractivity contribution in [1.82, 2.24) is 0 Å². The zero-order valence-electron chi connectivity index (χ0n) is 14.2. The molecule has 0 saturated carbocycles. The number of hydrogen-bond donors (Lipinski definition) is 0. The van der Waals surface area contributed by atoms with Crippen LogP contribution in [0.15, 0.2) is 0 Å². The van der Waals surface area contributed by atoms with Crippen LogP contribution in [0.2, 0.25) is 0 Å². The van der Waals surface area contributed by atoms with Crippen molar-refractivity contribution in [3.63, 3.8) is 0 Å². The van der Waals surface area contributed by atoms with Crippen molar-refractivity contribution in [2.24, 2.45) is 0 Å². The summed E-state index contributed by atoms with van der Waals surface area (Å²) >= 11 is 0. The Bertz CT molecular complexity index is 421. The molecule has 1 rings (SSSR count). The third-order valence-corrected chi connectivity index (χ3v) is 3.44. The van der Waals surface area contributed by atoms with Gasteiger partial charge in [-0.2, -0.15) is 0 Å². The van der Waals surface area contributed by atoms with E-state index in [-0.39, 0.29) is 5.78 Å². The largest absolute Gasteiger partial charge is 0.453 e. The molecule has 0 radical (unpaired) electrons. The van der Waals surface area contributed by atoms with Crippen molar-refractivity contribution < 1.29 is 33.3 Å². The molecule has 132 valence electrons. The van der Waals surface area contributed by atoms with E-state index in [0.717, 1.165) is 12.8 Å². The molecule has 0 aromatic heterocycles. The number of esters is 2. The first-order valence-corrected chi connectivity index (χ1v) is 7.96. The number of carbonyl (C=O) groups is 3. The van der Waals surface area contributed by atoms with E-state index in [4.69, 9.17) is 18.9 Å². The second-order valence-corrected chi connectivity index (χ2v) is 5.66. The maximum Gasteiger partial charge on any atom is 0.305 e. The Labute approximate surface area is 136 Å². The maximum atomic E-state index is 11.4. The zero-order valence-corrected chi connectivity index (χ0v) is 14.2. The Kier molecular flexibility index (Phi) is 8.19. The van der Waals surface area contributed by atoms with E-state index >= 15 is 0 Å². The van der Waals surface area contributed by atoms with Gasteiger partial charge in [0.15, 0.2) is 6.10 Å². The summed E-state index contributed by atoms with van der Waals surface area (Å²) in [4.78, 5) is 33.8. The second kappa shape index (κ2) is 9.62. The van der Waals surface area contributed by atoms with Crippen molar-refractivity contribution in [2.75, 3.05) is 6.61 Å². The smallest absolute Gasteiger partial charge is 0.305 e. The molecule has 0 aromatic rings. The van der Waals surface area contributed by atoms with Crippen LogP contribution in [0, 0.1) is 0 Å². The first-order chi connectivity index (χ1) is 10.8. The summed E-state index contributed by atoms with van der Waals surface area (Å²) in [5.74, 6) is -1.01. The number of rotatable bonds is 9. The lowest BCUT2D eigenvalue weighted by molar-refractivity contribution is -0.195. The van der Waals surface area contributed by atoms with Gasteiger partial charge in [0.25, 0.3) is 0 Å². The molecule has 1 saturated heterocycles. The molecule has 0 N–H and O–H groups in total. The Balaban J connectivity index is 2.85. The van der Waals surface area contributed by atoms with Crippen LogP contribution in [0.4, 0.5) is 0 Å².